The van der Waals surface area contributed by atoms with Gasteiger partial charge in [0.15, 0.2) is 6.61 Å². The average molecular weight is 387 g/mol. The van der Waals surface area contributed by atoms with E-state index in [-0.39, 0.29) is 24.9 Å². The van der Waals surface area contributed by atoms with Gasteiger partial charge in [0.25, 0.3) is 5.91 Å². The van der Waals surface area contributed by atoms with Crippen LogP contribution >= 0.6 is 0 Å². The van der Waals surface area contributed by atoms with Crippen LogP contribution in [-0.4, -0.2) is 52.6 Å². The molecule has 1 aromatic heterocycles. The minimum atomic E-state index is -0.300. The summed E-state index contributed by atoms with van der Waals surface area (Å²) in [6, 6.07) is 5.87. The van der Waals surface area contributed by atoms with Gasteiger partial charge in [0.05, 0.1) is 19.4 Å². The SMILES string of the molecule is CCOC(=O)CCN(CCCn1ccnc1)C(=O)COc1c(C)cccc1C. The first kappa shape index (κ1) is 21.5. The fraction of sp³-hybridized carbons (Fsp3) is 0.476. The van der Waals surface area contributed by atoms with Crippen molar-refractivity contribution in [3.63, 3.8) is 0 Å². The lowest BCUT2D eigenvalue weighted by Gasteiger charge is -2.23. The van der Waals surface area contributed by atoms with Crippen LogP contribution in [-0.2, 0) is 20.9 Å². The average Bonchev–Trinajstić information content (AvgIpc) is 3.17. The predicted octanol–water partition coefficient (Wildman–Crippen LogP) is 2.75. The first-order valence-corrected chi connectivity index (χ1v) is 9.59. The minimum absolute atomic E-state index is 0.0560. The lowest BCUT2D eigenvalue weighted by molar-refractivity contribution is -0.144. The summed E-state index contributed by atoms with van der Waals surface area (Å²) >= 11 is 0. The maximum absolute atomic E-state index is 12.7. The fourth-order valence-corrected chi connectivity index (χ4v) is 2.94. The van der Waals surface area contributed by atoms with E-state index in [1.807, 2.05) is 42.8 Å². The van der Waals surface area contributed by atoms with Crippen molar-refractivity contribution < 1.29 is 19.1 Å². The molecule has 152 valence electrons. The highest BCUT2D eigenvalue weighted by Gasteiger charge is 2.17. The molecule has 0 fully saturated rings. The second kappa shape index (κ2) is 11.1. The standard InChI is InChI=1S/C21H29N3O4/c1-4-27-20(26)9-13-24(12-6-11-23-14-10-22-16-23)19(25)15-28-21-17(2)7-5-8-18(21)3/h5,7-8,10,14,16H,4,6,9,11-13,15H2,1-3H3. The van der Waals surface area contributed by atoms with E-state index in [4.69, 9.17) is 9.47 Å². The molecule has 0 spiro atoms. The Kier molecular flexibility index (Phi) is 8.52. The van der Waals surface area contributed by atoms with Crippen molar-refractivity contribution in [1.29, 1.82) is 0 Å². The van der Waals surface area contributed by atoms with Gasteiger partial charge < -0.3 is 18.9 Å². The van der Waals surface area contributed by atoms with Gasteiger partial charge in [-0.15, -0.1) is 0 Å². The van der Waals surface area contributed by atoms with Crippen molar-refractivity contribution in [3.8, 4) is 5.75 Å². The van der Waals surface area contributed by atoms with Crippen molar-refractivity contribution >= 4 is 11.9 Å². The number of carbonyl (C=O) groups excluding carboxylic acids is 2. The summed E-state index contributed by atoms with van der Waals surface area (Å²) in [6.07, 6.45) is 6.29. The number of aryl methyl sites for hydroxylation is 3. The molecule has 0 bridgehead atoms. The van der Waals surface area contributed by atoms with Gasteiger partial charge in [0, 0.05) is 32.0 Å². The summed E-state index contributed by atoms with van der Waals surface area (Å²) < 4.78 is 12.7. The molecule has 1 amide bonds. The minimum Gasteiger partial charge on any atom is -0.483 e. The highest BCUT2D eigenvalue weighted by atomic mass is 16.5. The van der Waals surface area contributed by atoms with Crippen LogP contribution in [0.3, 0.4) is 0 Å². The third-order valence-electron chi connectivity index (χ3n) is 4.40. The lowest BCUT2D eigenvalue weighted by atomic mass is 10.1. The molecule has 0 atom stereocenters. The van der Waals surface area contributed by atoms with E-state index in [0.29, 0.717) is 19.7 Å². The van der Waals surface area contributed by atoms with Crippen LogP contribution in [0.5, 0.6) is 5.75 Å². The number of rotatable bonds is 11. The van der Waals surface area contributed by atoms with Crippen molar-refractivity contribution in [2.75, 3.05) is 26.3 Å². The highest BCUT2D eigenvalue weighted by Crippen LogP contribution is 2.22. The third kappa shape index (κ3) is 6.72. The number of para-hydroxylation sites is 1. The first-order chi connectivity index (χ1) is 13.5. The molecule has 0 N–H and O–H groups in total. The van der Waals surface area contributed by atoms with Gasteiger partial charge in [0.2, 0.25) is 0 Å². The molecule has 7 heteroatoms. The molecular weight excluding hydrogens is 358 g/mol. The number of aromatic nitrogens is 2. The molecule has 7 nitrogen and oxygen atoms in total. The smallest absolute Gasteiger partial charge is 0.307 e. The number of hydrogen-bond donors (Lipinski definition) is 0. The second-order valence-corrected chi connectivity index (χ2v) is 6.60. The van der Waals surface area contributed by atoms with Crippen molar-refractivity contribution in [2.24, 2.45) is 0 Å². The molecular formula is C21H29N3O4. The Hall–Kier alpha value is -2.83. The summed E-state index contributed by atoms with van der Waals surface area (Å²) in [5, 5.41) is 0. The van der Waals surface area contributed by atoms with Crippen LogP contribution in [0.1, 0.15) is 30.9 Å². The Morgan fingerprint density at radius 1 is 1.18 bits per heavy atom. The monoisotopic (exact) mass is 387 g/mol. The zero-order chi connectivity index (χ0) is 20.4. The first-order valence-electron chi connectivity index (χ1n) is 9.59. The Morgan fingerprint density at radius 3 is 2.57 bits per heavy atom. The van der Waals surface area contributed by atoms with Crippen LogP contribution in [0.2, 0.25) is 0 Å². The number of carbonyl (C=O) groups is 2. The van der Waals surface area contributed by atoms with Crippen LogP contribution < -0.4 is 4.74 Å². The Bertz CT molecular complexity index is 739. The molecule has 0 aliphatic heterocycles. The normalized spacial score (nSPS) is 10.5. The van der Waals surface area contributed by atoms with Gasteiger partial charge >= 0.3 is 5.97 Å². The highest BCUT2D eigenvalue weighted by molar-refractivity contribution is 5.78. The van der Waals surface area contributed by atoms with Gasteiger partial charge in [-0.05, 0) is 38.3 Å². The predicted molar refractivity (Wildman–Crippen MR) is 106 cm³/mol. The molecule has 0 aliphatic carbocycles. The Balaban J connectivity index is 1.93. The van der Waals surface area contributed by atoms with Gasteiger partial charge in [-0.2, -0.15) is 0 Å². The summed E-state index contributed by atoms with van der Waals surface area (Å²) in [6.45, 7) is 7.56. The zero-order valence-electron chi connectivity index (χ0n) is 16.9. The maximum Gasteiger partial charge on any atom is 0.307 e. The van der Waals surface area contributed by atoms with E-state index < -0.39 is 0 Å². The largest absolute Gasteiger partial charge is 0.483 e. The molecule has 1 heterocycles. The summed E-state index contributed by atoms with van der Waals surface area (Å²) in [5.74, 6) is 0.294. The van der Waals surface area contributed by atoms with E-state index in [9.17, 15) is 9.59 Å². The zero-order valence-corrected chi connectivity index (χ0v) is 16.9. The maximum atomic E-state index is 12.7. The van der Waals surface area contributed by atoms with Gasteiger partial charge in [-0.1, -0.05) is 18.2 Å². The van der Waals surface area contributed by atoms with Crippen LogP contribution in [0.25, 0.3) is 0 Å². The number of ether oxygens (including phenoxy) is 2. The van der Waals surface area contributed by atoms with Crippen molar-refractivity contribution in [3.05, 3.63) is 48.0 Å². The van der Waals surface area contributed by atoms with Crippen molar-refractivity contribution in [2.45, 2.75) is 40.2 Å². The quantitative estimate of drug-likeness (QED) is 0.554. The third-order valence-corrected chi connectivity index (χ3v) is 4.40. The van der Waals surface area contributed by atoms with E-state index in [0.717, 1.165) is 29.8 Å². The molecule has 0 unspecified atom stereocenters. The summed E-state index contributed by atoms with van der Waals surface area (Å²) in [4.78, 5) is 30.1. The van der Waals surface area contributed by atoms with Crippen LogP contribution in [0, 0.1) is 13.8 Å². The number of benzene rings is 1. The molecule has 0 saturated carbocycles. The van der Waals surface area contributed by atoms with Gasteiger partial charge in [-0.3, -0.25) is 9.59 Å². The van der Waals surface area contributed by atoms with Crippen LogP contribution in [0.15, 0.2) is 36.9 Å². The lowest BCUT2D eigenvalue weighted by Crippen LogP contribution is -2.38. The molecule has 0 saturated heterocycles. The number of imidazole rings is 1. The van der Waals surface area contributed by atoms with E-state index in [1.165, 1.54) is 0 Å². The molecule has 1 aromatic carbocycles. The topological polar surface area (TPSA) is 73.7 Å². The Morgan fingerprint density at radius 2 is 1.93 bits per heavy atom. The second-order valence-electron chi connectivity index (χ2n) is 6.60. The molecule has 0 aliphatic rings. The number of esters is 1. The summed E-state index contributed by atoms with van der Waals surface area (Å²) in [5.41, 5.74) is 1.98. The van der Waals surface area contributed by atoms with Gasteiger partial charge in [0.1, 0.15) is 5.75 Å². The van der Waals surface area contributed by atoms with Gasteiger partial charge in [-0.25, -0.2) is 4.98 Å². The van der Waals surface area contributed by atoms with E-state index in [2.05, 4.69) is 4.98 Å². The number of amides is 1. The van der Waals surface area contributed by atoms with Crippen molar-refractivity contribution in [1.82, 2.24) is 14.5 Å². The fourth-order valence-electron chi connectivity index (χ4n) is 2.94. The van der Waals surface area contributed by atoms with E-state index >= 15 is 0 Å². The molecule has 2 aromatic rings. The molecule has 2 rings (SSSR count). The molecule has 28 heavy (non-hydrogen) atoms. The van der Waals surface area contributed by atoms with E-state index in [1.54, 1.807) is 24.3 Å². The number of hydrogen-bond acceptors (Lipinski definition) is 5. The Labute approximate surface area is 166 Å². The molecule has 0 radical (unpaired) electrons. The van der Waals surface area contributed by atoms with Crippen LogP contribution in [0.4, 0.5) is 0 Å². The summed E-state index contributed by atoms with van der Waals surface area (Å²) in [7, 11) is 0. The number of nitrogens with zero attached hydrogens (tertiary/aromatic N) is 3.